The van der Waals surface area contributed by atoms with E-state index in [1.54, 1.807) is 18.2 Å². The largest absolute Gasteiger partial charge is 0.460 e. The minimum absolute atomic E-state index is 0.0255. The van der Waals surface area contributed by atoms with Crippen LogP contribution in [0.25, 0.3) is 11.3 Å². The molecule has 0 amide bonds. The van der Waals surface area contributed by atoms with Gasteiger partial charge in [0.05, 0.1) is 18.7 Å². The Bertz CT molecular complexity index is 603. The Morgan fingerprint density at radius 3 is 2.64 bits per heavy atom. The molecule has 3 nitrogen and oxygen atoms in total. The number of hydrogen-bond donors (Lipinski definition) is 2. The van der Waals surface area contributed by atoms with Crippen LogP contribution >= 0.6 is 0 Å². The second-order valence-corrected chi connectivity index (χ2v) is 5.01. The van der Waals surface area contributed by atoms with Crippen LogP contribution in [0.3, 0.4) is 0 Å². The van der Waals surface area contributed by atoms with Crippen molar-refractivity contribution in [1.82, 2.24) is 5.32 Å². The SMILES string of the molecule is CC[C@@H](CO)NCc1ccc(-c2cccc(C(F)(F)F)c2)o1. The maximum atomic E-state index is 12.7. The van der Waals surface area contributed by atoms with Gasteiger partial charge in [0.2, 0.25) is 0 Å². The average Bonchev–Trinajstić information content (AvgIpc) is 2.96. The van der Waals surface area contributed by atoms with Crippen LogP contribution in [0.5, 0.6) is 0 Å². The Hall–Kier alpha value is -1.79. The molecular weight excluding hydrogens is 295 g/mol. The van der Waals surface area contributed by atoms with Gasteiger partial charge >= 0.3 is 6.18 Å². The molecule has 0 saturated carbocycles. The second-order valence-electron chi connectivity index (χ2n) is 5.01. The average molecular weight is 313 g/mol. The fraction of sp³-hybridized carbons (Fsp3) is 0.375. The minimum atomic E-state index is -4.37. The highest BCUT2D eigenvalue weighted by Crippen LogP contribution is 2.32. The molecule has 1 aromatic heterocycles. The number of hydrogen-bond acceptors (Lipinski definition) is 3. The zero-order valence-corrected chi connectivity index (χ0v) is 12.2. The lowest BCUT2D eigenvalue weighted by molar-refractivity contribution is -0.137. The van der Waals surface area contributed by atoms with Crippen molar-refractivity contribution in [1.29, 1.82) is 0 Å². The summed E-state index contributed by atoms with van der Waals surface area (Å²) in [6.45, 7) is 2.39. The van der Waals surface area contributed by atoms with Crippen molar-refractivity contribution >= 4 is 0 Å². The van der Waals surface area contributed by atoms with Crippen molar-refractivity contribution in [2.75, 3.05) is 6.61 Å². The third-order valence-corrected chi connectivity index (χ3v) is 3.41. The molecule has 0 aliphatic heterocycles. The van der Waals surface area contributed by atoms with Gasteiger partial charge in [0.25, 0.3) is 0 Å². The van der Waals surface area contributed by atoms with Gasteiger partial charge in [-0.25, -0.2) is 0 Å². The number of nitrogens with one attached hydrogen (secondary N) is 1. The summed E-state index contributed by atoms with van der Waals surface area (Å²) in [4.78, 5) is 0. The Morgan fingerprint density at radius 1 is 1.23 bits per heavy atom. The molecule has 0 aliphatic rings. The monoisotopic (exact) mass is 313 g/mol. The summed E-state index contributed by atoms with van der Waals surface area (Å²) in [6, 6.07) is 8.37. The number of halogens is 3. The molecule has 0 aliphatic carbocycles. The van der Waals surface area contributed by atoms with Gasteiger partial charge in [-0.2, -0.15) is 13.2 Å². The number of aliphatic hydroxyl groups excluding tert-OH is 1. The van der Waals surface area contributed by atoms with Crippen LogP contribution in [0.2, 0.25) is 0 Å². The van der Waals surface area contributed by atoms with Crippen molar-refractivity contribution < 1.29 is 22.7 Å². The molecule has 0 bridgehead atoms. The Kier molecular flexibility index (Phi) is 5.26. The van der Waals surface area contributed by atoms with Crippen LogP contribution in [-0.4, -0.2) is 17.8 Å². The molecular formula is C16H18F3NO2. The van der Waals surface area contributed by atoms with Crippen LogP contribution < -0.4 is 5.32 Å². The van der Waals surface area contributed by atoms with Crippen molar-refractivity contribution in [2.24, 2.45) is 0 Å². The normalized spacial score (nSPS) is 13.3. The molecule has 0 radical (unpaired) electrons. The van der Waals surface area contributed by atoms with Crippen LogP contribution in [0.15, 0.2) is 40.8 Å². The van der Waals surface area contributed by atoms with Crippen LogP contribution in [0.1, 0.15) is 24.7 Å². The molecule has 6 heteroatoms. The summed E-state index contributed by atoms with van der Waals surface area (Å²) >= 11 is 0. The molecule has 2 rings (SSSR count). The summed E-state index contributed by atoms with van der Waals surface area (Å²) in [6.07, 6.45) is -3.60. The van der Waals surface area contributed by atoms with Gasteiger partial charge in [-0.15, -0.1) is 0 Å². The summed E-state index contributed by atoms with van der Waals surface area (Å²) < 4.78 is 43.7. The summed E-state index contributed by atoms with van der Waals surface area (Å²) in [5, 5.41) is 12.2. The van der Waals surface area contributed by atoms with E-state index < -0.39 is 11.7 Å². The maximum Gasteiger partial charge on any atom is 0.416 e. The van der Waals surface area contributed by atoms with E-state index >= 15 is 0 Å². The topological polar surface area (TPSA) is 45.4 Å². The number of furan rings is 1. The lowest BCUT2D eigenvalue weighted by Gasteiger charge is -2.12. The number of rotatable bonds is 6. The zero-order valence-electron chi connectivity index (χ0n) is 12.2. The molecule has 1 atom stereocenters. The molecule has 0 spiro atoms. The molecule has 1 aromatic carbocycles. The van der Waals surface area contributed by atoms with Gasteiger partial charge in [-0.3, -0.25) is 0 Å². The molecule has 0 fully saturated rings. The van der Waals surface area contributed by atoms with E-state index in [0.29, 0.717) is 23.6 Å². The van der Waals surface area contributed by atoms with E-state index in [4.69, 9.17) is 9.52 Å². The first-order chi connectivity index (χ1) is 10.4. The van der Waals surface area contributed by atoms with E-state index in [9.17, 15) is 13.2 Å². The highest BCUT2D eigenvalue weighted by atomic mass is 19.4. The first-order valence-electron chi connectivity index (χ1n) is 7.04. The fourth-order valence-electron chi connectivity index (χ4n) is 2.06. The maximum absolute atomic E-state index is 12.7. The molecule has 0 unspecified atom stereocenters. The third kappa shape index (κ3) is 4.11. The fourth-order valence-corrected chi connectivity index (χ4v) is 2.06. The Balaban J connectivity index is 2.11. The predicted molar refractivity (Wildman–Crippen MR) is 77.2 cm³/mol. The van der Waals surface area contributed by atoms with E-state index in [1.165, 1.54) is 6.07 Å². The second kappa shape index (κ2) is 6.98. The standard InChI is InChI=1S/C16H18F3NO2/c1-2-13(10-21)20-9-14-6-7-15(22-14)11-4-3-5-12(8-11)16(17,18)19/h3-8,13,20-21H,2,9-10H2,1H3/t13-/m0/s1. The van der Waals surface area contributed by atoms with Gasteiger partial charge in [0, 0.05) is 11.6 Å². The lowest BCUT2D eigenvalue weighted by atomic mass is 10.1. The van der Waals surface area contributed by atoms with E-state index in [1.807, 2.05) is 6.92 Å². The quantitative estimate of drug-likeness (QED) is 0.852. The number of benzene rings is 1. The van der Waals surface area contributed by atoms with Crippen molar-refractivity contribution in [3.63, 3.8) is 0 Å². The van der Waals surface area contributed by atoms with Gasteiger partial charge in [-0.1, -0.05) is 19.1 Å². The number of alkyl halides is 3. The molecule has 2 N–H and O–H groups in total. The zero-order chi connectivity index (χ0) is 16.2. The first kappa shape index (κ1) is 16.6. The van der Waals surface area contributed by atoms with Crippen LogP contribution in [-0.2, 0) is 12.7 Å². The van der Waals surface area contributed by atoms with Gasteiger partial charge < -0.3 is 14.8 Å². The van der Waals surface area contributed by atoms with Crippen LogP contribution in [0, 0.1) is 0 Å². The minimum Gasteiger partial charge on any atom is -0.460 e. The molecule has 120 valence electrons. The lowest BCUT2D eigenvalue weighted by Crippen LogP contribution is -2.30. The highest BCUT2D eigenvalue weighted by Gasteiger charge is 2.30. The number of aliphatic hydroxyl groups is 1. The predicted octanol–water partition coefficient (Wildman–Crippen LogP) is 3.83. The van der Waals surface area contributed by atoms with Crippen LogP contribution in [0.4, 0.5) is 13.2 Å². The Labute approximate surface area is 126 Å². The molecule has 2 aromatic rings. The first-order valence-corrected chi connectivity index (χ1v) is 7.04. The van der Waals surface area contributed by atoms with Gasteiger partial charge in [0.1, 0.15) is 11.5 Å². The smallest absolute Gasteiger partial charge is 0.416 e. The van der Waals surface area contributed by atoms with Gasteiger partial charge in [0.15, 0.2) is 0 Å². The molecule has 22 heavy (non-hydrogen) atoms. The summed E-state index contributed by atoms with van der Waals surface area (Å²) in [7, 11) is 0. The van der Waals surface area contributed by atoms with Crippen molar-refractivity contribution in [3.05, 3.63) is 47.7 Å². The van der Waals surface area contributed by atoms with E-state index in [2.05, 4.69) is 5.32 Å². The van der Waals surface area contributed by atoms with Gasteiger partial charge in [-0.05, 0) is 30.7 Å². The third-order valence-electron chi connectivity index (χ3n) is 3.41. The Morgan fingerprint density at radius 2 is 2.00 bits per heavy atom. The summed E-state index contributed by atoms with van der Waals surface area (Å²) in [5.74, 6) is 0.999. The van der Waals surface area contributed by atoms with E-state index in [0.717, 1.165) is 18.6 Å². The van der Waals surface area contributed by atoms with Crippen molar-refractivity contribution in [2.45, 2.75) is 32.1 Å². The molecule has 0 saturated heterocycles. The van der Waals surface area contributed by atoms with E-state index in [-0.39, 0.29) is 12.6 Å². The molecule has 1 heterocycles. The van der Waals surface area contributed by atoms with Crippen molar-refractivity contribution in [3.8, 4) is 11.3 Å². The highest BCUT2D eigenvalue weighted by molar-refractivity contribution is 5.58. The summed E-state index contributed by atoms with van der Waals surface area (Å²) in [5.41, 5.74) is -0.317.